The van der Waals surface area contributed by atoms with Gasteiger partial charge in [0.15, 0.2) is 5.82 Å². The zero-order valence-corrected chi connectivity index (χ0v) is 17.8. The van der Waals surface area contributed by atoms with Crippen LogP contribution in [0.1, 0.15) is 17.5 Å². The van der Waals surface area contributed by atoms with Gasteiger partial charge in [0.25, 0.3) is 0 Å². The van der Waals surface area contributed by atoms with E-state index in [0.717, 1.165) is 42.9 Å². The van der Waals surface area contributed by atoms with Gasteiger partial charge in [0.1, 0.15) is 11.6 Å². The quantitative estimate of drug-likeness (QED) is 0.504. The number of nitrogens with two attached hydrogens (primary N) is 1. The Bertz CT molecular complexity index is 1050. The SMILES string of the molecule is N[C@@H]1CCN(c2ccc(N(C=O)Cc3cccnc3)c(NCCc3cccc(F)c3)n2)C1. The van der Waals surface area contributed by atoms with E-state index in [2.05, 4.69) is 15.2 Å². The van der Waals surface area contributed by atoms with Gasteiger partial charge in [-0.1, -0.05) is 18.2 Å². The van der Waals surface area contributed by atoms with Gasteiger partial charge in [-0.2, -0.15) is 0 Å². The zero-order chi connectivity index (χ0) is 22.3. The maximum atomic E-state index is 13.5. The third-order valence-corrected chi connectivity index (χ3v) is 5.52. The van der Waals surface area contributed by atoms with E-state index < -0.39 is 0 Å². The van der Waals surface area contributed by atoms with Crippen LogP contribution in [0.25, 0.3) is 0 Å². The molecule has 1 aromatic carbocycles. The highest BCUT2D eigenvalue weighted by atomic mass is 19.1. The van der Waals surface area contributed by atoms with Crippen molar-refractivity contribution in [2.45, 2.75) is 25.4 Å². The van der Waals surface area contributed by atoms with Crippen LogP contribution in [-0.2, 0) is 17.8 Å². The van der Waals surface area contributed by atoms with Crippen molar-refractivity contribution in [2.75, 3.05) is 34.8 Å². The number of aromatic nitrogens is 2. The number of benzene rings is 1. The summed E-state index contributed by atoms with van der Waals surface area (Å²) in [7, 11) is 0. The lowest BCUT2D eigenvalue weighted by Gasteiger charge is -2.24. The number of rotatable bonds is 9. The van der Waals surface area contributed by atoms with Crippen LogP contribution in [0.4, 0.5) is 21.7 Å². The Balaban J connectivity index is 1.56. The number of hydrogen-bond acceptors (Lipinski definition) is 6. The molecule has 7 nitrogen and oxygen atoms in total. The van der Waals surface area contributed by atoms with Crippen molar-refractivity contribution in [1.82, 2.24) is 9.97 Å². The van der Waals surface area contributed by atoms with E-state index >= 15 is 0 Å². The van der Waals surface area contributed by atoms with Gasteiger partial charge >= 0.3 is 0 Å². The minimum atomic E-state index is -0.253. The molecule has 8 heteroatoms. The largest absolute Gasteiger partial charge is 0.368 e. The van der Waals surface area contributed by atoms with Gasteiger partial charge in [-0.05, 0) is 54.3 Å². The van der Waals surface area contributed by atoms with Crippen LogP contribution in [0, 0.1) is 5.82 Å². The van der Waals surface area contributed by atoms with Gasteiger partial charge in [-0.15, -0.1) is 0 Å². The summed E-state index contributed by atoms with van der Waals surface area (Å²) in [6.45, 7) is 2.53. The van der Waals surface area contributed by atoms with Gasteiger partial charge in [0.2, 0.25) is 6.41 Å². The highest BCUT2D eigenvalue weighted by molar-refractivity contribution is 5.82. The first-order valence-electron chi connectivity index (χ1n) is 10.7. The molecule has 4 rings (SSSR count). The topological polar surface area (TPSA) is 87.4 Å². The molecule has 1 aliphatic heterocycles. The van der Waals surface area contributed by atoms with E-state index in [0.29, 0.717) is 31.0 Å². The number of nitrogens with zero attached hydrogens (tertiary/aromatic N) is 4. The van der Waals surface area contributed by atoms with Gasteiger partial charge in [0.05, 0.1) is 12.2 Å². The highest BCUT2D eigenvalue weighted by Crippen LogP contribution is 2.29. The molecule has 166 valence electrons. The fourth-order valence-electron chi connectivity index (χ4n) is 3.86. The van der Waals surface area contributed by atoms with E-state index in [4.69, 9.17) is 10.7 Å². The Hall–Kier alpha value is -3.52. The van der Waals surface area contributed by atoms with Crippen LogP contribution in [0.5, 0.6) is 0 Å². The van der Waals surface area contributed by atoms with Gasteiger partial charge in [-0.3, -0.25) is 9.78 Å². The van der Waals surface area contributed by atoms with Gasteiger partial charge in [0, 0.05) is 38.1 Å². The van der Waals surface area contributed by atoms with Crippen molar-refractivity contribution < 1.29 is 9.18 Å². The average molecular weight is 435 g/mol. The molecule has 3 N–H and O–H groups in total. The smallest absolute Gasteiger partial charge is 0.214 e. The number of hydrogen-bond donors (Lipinski definition) is 2. The summed E-state index contributed by atoms with van der Waals surface area (Å²) < 4.78 is 13.5. The molecule has 3 heterocycles. The minimum Gasteiger partial charge on any atom is -0.368 e. The van der Waals surface area contributed by atoms with E-state index in [-0.39, 0.29) is 11.9 Å². The fourth-order valence-corrected chi connectivity index (χ4v) is 3.86. The molecule has 0 aliphatic carbocycles. The molecule has 2 aromatic heterocycles. The van der Waals surface area contributed by atoms with Crippen LogP contribution in [0.3, 0.4) is 0 Å². The van der Waals surface area contributed by atoms with Crippen molar-refractivity contribution >= 4 is 23.7 Å². The molecule has 0 spiro atoms. The van der Waals surface area contributed by atoms with Gasteiger partial charge < -0.3 is 20.9 Å². The number of amides is 1. The second kappa shape index (κ2) is 10.2. The lowest BCUT2D eigenvalue weighted by atomic mass is 10.1. The Kier molecular flexibility index (Phi) is 6.91. The van der Waals surface area contributed by atoms with E-state index in [1.807, 2.05) is 30.3 Å². The molecular formula is C24H27FN6O. The fraction of sp³-hybridized carbons (Fsp3) is 0.292. The van der Waals surface area contributed by atoms with E-state index in [1.54, 1.807) is 23.4 Å². The van der Waals surface area contributed by atoms with Crippen LogP contribution in [-0.4, -0.2) is 42.1 Å². The molecule has 1 amide bonds. The molecule has 0 saturated carbocycles. The maximum Gasteiger partial charge on any atom is 0.214 e. The Labute approximate surface area is 187 Å². The predicted octanol–water partition coefficient (Wildman–Crippen LogP) is 2.97. The van der Waals surface area contributed by atoms with Crippen molar-refractivity contribution in [2.24, 2.45) is 5.73 Å². The molecule has 1 atom stereocenters. The highest BCUT2D eigenvalue weighted by Gasteiger charge is 2.22. The number of pyridine rings is 2. The second-order valence-corrected chi connectivity index (χ2v) is 7.93. The first-order chi connectivity index (χ1) is 15.6. The average Bonchev–Trinajstić information content (AvgIpc) is 3.25. The summed E-state index contributed by atoms with van der Waals surface area (Å²) in [6.07, 6.45) is 5.79. The summed E-state index contributed by atoms with van der Waals surface area (Å²) in [5, 5.41) is 3.35. The van der Waals surface area contributed by atoms with Crippen LogP contribution >= 0.6 is 0 Å². The minimum absolute atomic E-state index is 0.137. The van der Waals surface area contributed by atoms with Crippen LogP contribution in [0.15, 0.2) is 60.9 Å². The number of carbonyl (C=O) groups is 1. The molecule has 32 heavy (non-hydrogen) atoms. The predicted molar refractivity (Wildman–Crippen MR) is 124 cm³/mol. The second-order valence-electron chi connectivity index (χ2n) is 7.93. The molecule has 1 aliphatic rings. The summed E-state index contributed by atoms with van der Waals surface area (Å²) in [5.74, 6) is 1.18. The molecule has 0 unspecified atom stereocenters. The molecule has 1 saturated heterocycles. The third kappa shape index (κ3) is 5.39. The van der Waals surface area contributed by atoms with Gasteiger partial charge in [-0.25, -0.2) is 9.37 Å². The Morgan fingerprint density at radius 1 is 1.22 bits per heavy atom. The zero-order valence-electron chi connectivity index (χ0n) is 17.8. The monoisotopic (exact) mass is 434 g/mol. The molecule has 0 radical (unpaired) electrons. The lowest BCUT2D eigenvalue weighted by molar-refractivity contribution is -0.107. The van der Waals surface area contributed by atoms with Crippen molar-refractivity contribution in [1.29, 1.82) is 0 Å². The van der Waals surface area contributed by atoms with Crippen molar-refractivity contribution in [3.05, 3.63) is 77.9 Å². The number of anilines is 3. The lowest BCUT2D eigenvalue weighted by Crippen LogP contribution is -2.28. The third-order valence-electron chi connectivity index (χ3n) is 5.52. The van der Waals surface area contributed by atoms with Crippen LogP contribution < -0.4 is 20.9 Å². The van der Waals surface area contributed by atoms with Crippen molar-refractivity contribution in [3.63, 3.8) is 0 Å². The first-order valence-corrected chi connectivity index (χ1v) is 10.7. The molecule has 3 aromatic rings. The Morgan fingerprint density at radius 2 is 2.09 bits per heavy atom. The number of nitrogens with one attached hydrogen (secondary N) is 1. The molecular weight excluding hydrogens is 407 g/mol. The van der Waals surface area contributed by atoms with E-state index in [9.17, 15) is 9.18 Å². The molecule has 0 bridgehead atoms. The number of halogens is 1. The van der Waals surface area contributed by atoms with E-state index in [1.165, 1.54) is 12.1 Å². The van der Waals surface area contributed by atoms with Crippen molar-refractivity contribution in [3.8, 4) is 0 Å². The summed E-state index contributed by atoms with van der Waals surface area (Å²) in [4.78, 5) is 24.7. The Morgan fingerprint density at radius 3 is 2.81 bits per heavy atom. The summed E-state index contributed by atoms with van der Waals surface area (Å²) in [6, 6.07) is 14.3. The first kappa shape index (κ1) is 21.7. The number of carbonyl (C=O) groups excluding carboxylic acids is 1. The summed E-state index contributed by atoms with van der Waals surface area (Å²) in [5.41, 5.74) is 8.55. The molecule has 1 fully saturated rings. The standard InChI is InChI=1S/C24H27FN6O/c25-20-5-1-3-18(13-20)8-11-28-24-22(31(17-32)15-19-4-2-10-27-14-19)6-7-23(29-24)30-12-9-21(26)16-30/h1-7,10,13-14,17,21H,8-9,11-12,15-16,26H2,(H,28,29)/t21-/m1/s1. The van der Waals surface area contributed by atoms with Crippen LogP contribution in [0.2, 0.25) is 0 Å². The maximum absolute atomic E-state index is 13.5. The normalized spacial score (nSPS) is 15.6. The summed E-state index contributed by atoms with van der Waals surface area (Å²) >= 11 is 0.